The Kier molecular flexibility index (Phi) is 2.83. The van der Waals surface area contributed by atoms with Crippen LogP contribution in [0.5, 0.6) is 5.75 Å². The van der Waals surface area contributed by atoms with Crippen molar-refractivity contribution >= 4 is 29.1 Å². The molecule has 0 aromatic heterocycles. The predicted molar refractivity (Wildman–Crippen MR) is 73.8 cm³/mol. The Hall–Kier alpha value is -2.14. The van der Waals surface area contributed by atoms with Crippen molar-refractivity contribution in [2.24, 2.45) is 0 Å². The highest BCUT2D eigenvalue weighted by Gasteiger charge is 2.24. The molecule has 1 heterocycles. The number of methoxy groups -OCH3 is 1. The van der Waals surface area contributed by atoms with Crippen LogP contribution in [0.15, 0.2) is 46.2 Å². The van der Waals surface area contributed by atoms with Crippen molar-refractivity contribution in [3.8, 4) is 5.75 Å². The van der Waals surface area contributed by atoms with Crippen molar-refractivity contribution in [1.82, 2.24) is 0 Å². The first kappa shape index (κ1) is 11.9. The lowest BCUT2D eigenvalue weighted by molar-refractivity contribution is 0.0694. The quantitative estimate of drug-likeness (QED) is 0.747. The Bertz CT molecular complexity index is 670. The topological polar surface area (TPSA) is 58.6 Å². The van der Waals surface area contributed by atoms with Gasteiger partial charge >= 0.3 is 5.97 Å². The van der Waals surface area contributed by atoms with E-state index in [4.69, 9.17) is 4.74 Å². The van der Waals surface area contributed by atoms with Gasteiger partial charge in [0.15, 0.2) is 0 Å². The number of anilines is 2. The first-order chi connectivity index (χ1) is 9.20. The molecular formula is C14H11NO3S. The molecule has 3 rings (SSSR count). The lowest BCUT2D eigenvalue weighted by Gasteiger charge is -2.23. The molecule has 0 radical (unpaired) electrons. The highest BCUT2D eigenvalue weighted by molar-refractivity contribution is 7.99. The molecule has 96 valence electrons. The third-order valence-corrected chi connectivity index (χ3v) is 4.07. The molecule has 1 aliphatic rings. The number of hydrogen-bond donors (Lipinski definition) is 2. The summed E-state index contributed by atoms with van der Waals surface area (Å²) in [6.07, 6.45) is 0. The number of fused-ring (bicyclic) bond motifs is 2. The Morgan fingerprint density at radius 2 is 2.00 bits per heavy atom. The lowest BCUT2D eigenvalue weighted by Crippen LogP contribution is -2.09. The van der Waals surface area contributed by atoms with E-state index in [1.165, 1.54) is 7.11 Å². The van der Waals surface area contributed by atoms with Crippen molar-refractivity contribution in [2.45, 2.75) is 9.79 Å². The van der Waals surface area contributed by atoms with E-state index >= 15 is 0 Å². The van der Waals surface area contributed by atoms with Gasteiger partial charge in [-0.15, -0.1) is 0 Å². The minimum Gasteiger partial charge on any atom is -0.496 e. The Balaban J connectivity index is 2.18. The van der Waals surface area contributed by atoms with Gasteiger partial charge < -0.3 is 15.2 Å². The second kappa shape index (κ2) is 4.51. The summed E-state index contributed by atoms with van der Waals surface area (Å²) in [5.74, 6) is -0.639. The van der Waals surface area contributed by atoms with Crippen LogP contribution in [0, 0.1) is 0 Å². The van der Waals surface area contributed by atoms with Gasteiger partial charge in [-0.3, -0.25) is 0 Å². The number of para-hydroxylation sites is 1. The average molecular weight is 273 g/mol. The number of aromatic carboxylic acids is 1. The van der Waals surface area contributed by atoms with E-state index in [0.29, 0.717) is 11.4 Å². The van der Waals surface area contributed by atoms with Crippen molar-refractivity contribution in [1.29, 1.82) is 0 Å². The van der Waals surface area contributed by atoms with Gasteiger partial charge in [-0.25, -0.2) is 4.79 Å². The number of benzene rings is 2. The first-order valence-corrected chi connectivity index (χ1v) is 6.50. The average Bonchev–Trinajstić information content (AvgIpc) is 2.43. The molecule has 0 aliphatic carbocycles. The van der Waals surface area contributed by atoms with Crippen LogP contribution in [-0.4, -0.2) is 18.2 Å². The molecule has 0 saturated heterocycles. The normalized spacial score (nSPS) is 12.1. The van der Waals surface area contributed by atoms with Crippen LogP contribution in [0.1, 0.15) is 10.4 Å². The molecule has 0 fully saturated rings. The summed E-state index contributed by atoms with van der Waals surface area (Å²) in [6.45, 7) is 0. The van der Waals surface area contributed by atoms with Crippen molar-refractivity contribution in [3.05, 3.63) is 42.0 Å². The number of carboxylic acids is 1. The minimum atomic E-state index is -0.999. The molecule has 0 atom stereocenters. The lowest BCUT2D eigenvalue weighted by atomic mass is 10.1. The number of ether oxygens (including phenoxy) is 1. The van der Waals surface area contributed by atoms with Gasteiger partial charge in [0.2, 0.25) is 0 Å². The number of carbonyl (C=O) groups is 1. The summed E-state index contributed by atoms with van der Waals surface area (Å²) in [7, 11) is 1.47. The third kappa shape index (κ3) is 1.92. The zero-order chi connectivity index (χ0) is 13.4. The van der Waals surface area contributed by atoms with E-state index in [2.05, 4.69) is 5.32 Å². The van der Waals surface area contributed by atoms with E-state index in [1.807, 2.05) is 30.3 Å². The van der Waals surface area contributed by atoms with Crippen LogP contribution in [0.2, 0.25) is 0 Å². The summed E-state index contributed by atoms with van der Waals surface area (Å²) in [5.41, 5.74) is 1.67. The van der Waals surface area contributed by atoms with Crippen LogP contribution in [0.4, 0.5) is 11.4 Å². The van der Waals surface area contributed by atoms with E-state index in [1.54, 1.807) is 17.8 Å². The van der Waals surface area contributed by atoms with Gasteiger partial charge in [0.1, 0.15) is 11.3 Å². The van der Waals surface area contributed by atoms with E-state index in [9.17, 15) is 9.90 Å². The fraction of sp³-hybridized carbons (Fsp3) is 0.0714. The predicted octanol–water partition coefficient (Wildman–Crippen LogP) is 3.60. The molecule has 0 spiro atoms. The standard InChI is InChI=1S/C14H11NO3S/c1-18-9-6-7-11-13(12(9)14(16)17)15-8-4-2-3-5-10(8)19-11/h2-7,15H,1H3,(H,16,17). The molecule has 4 nitrogen and oxygen atoms in total. The zero-order valence-electron chi connectivity index (χ0n) is 10.1. The minimum absolute atomic E-state index is 0.169. The molecule has 0 saturated carbocycles. The monoisotopic (exact) mass is 273 g/mol. The molecule has 2 N–H and O–H groups in total. The van der Waals surface area contributed by atoms with Gasteiger partial charge in [0, 0.05) is 9.79 Å². The van der Waals surface area contributed by atoms with Crippen LogP contribution >= 0.6 is 11.8 Å². The van der Waals surface area contributed by atoms with Crippen LogP contribution in [0.3, 0.4) is 0 Å². The number of hydrogen-bond acceptors (Lipinski definition) is 4. The summed E-state index contributed by atoms with van der Waals surface area (Å²) in [4.78, 5) is 13.4. The molecule has 1 aliphatic heterocycles. The largest absolute Gasteiger partial charge is 0.496 e. The van der Waals surface area contributed by atoms with Crippen molar-refractivity contribution in [2.75, 3.05) is 12.4 Å². The van der Waals surface area contributed by atoms with Gasteiger partial charge in [-0.1, -0.05) is 23.9 Å². The molecule has 0 amide bonds. The SMILES string of the molecule is COc1ccc2c(c1C(=O)O)Nc1ccccc1S2. The smallest absolute Gasteiger partial charge is 0.341 e. The van der Waals surface area contributed by atoms with Gasteiger partial charge in [0.05, 0.1) is 18.5 Å². The molecule has 2 aromatic carbocycles. The summed E-state index contributed by atoms with van der Waals surface area (Å²) >= 11 is 1.55. The zero-order valence-corrected chi connectivity index (χ0v) is 11.0. The van der Waals surface area contributed by atoms with Gasteiger partial charge in [0.25, 0.3) is 0 Å². The second-order valence-corrected chi connectivity index (χ2v) is 5.13. The molecule has 2 aromatic rings. The van der Waals surface area contributed by atoms with Gasteiger partial charge in [-0.05, 0) is 24.3 Å². The van der Waals surface area contributed by atoms with E-state index in [0.717, 1.165) is 15.5 Å². The van der Waals surface area contributed by atoms with Crippen molar-refractivity contribution in [3.63, 3.8) is 0 Å². The number of rotatable bonds is 2. The molecule has 0 unspecified atom stereocenters. The summed E-state index contributed by atoms with van der Waals surface area (Å²) in [6, 6.07) is 11.4. The fourth-order valence-electron chi connectivity index (χ4n) is 2.07. The number of carboxylic acid groups (broad SMARTS) is 1. The van der Waals surface area contributed by atoms with Crippen LogP contribution in [-0.2, 0) is 0 Å². The van der Waals surface area contributed by atoms with E-state index < -0.39 is 5.97 Å². The first-order valence-electron chi connectivity index (χ1n) is 5.69. The highest BCUT2D eigenvalue weighted by atomic mass is 32.2. The van der Waals surface area contributed by atoms with Crippen molar-refractivity contribution < 1.29 is 14.6 Å². The Labute approximate surface area is 114 Å². The fourth-order valence-corrected chi connectivity index (χ4v) is 3.07. The highest BCUT2D eigenvalue weighted by Crippen LogP contribution is 2.47. The van der Waals surface area contributed by atoms with E-state index in [-0.39, 0.29) is 5.56 Å². The molecular weight excluding hydrogens is 262 g/mol. The molecule has 0 bridgehead atoms. The number of nitrogens with one attached hydrogen (secondary N) is 1. The Morgan fingerprint density at radius 3 is 2.74 bits per heavy atom. The molecule has 5 heteroatoms. The van der Waals surface area contributed by atoms with Crippen LogP contribution in [0.25, 0.3) is 0 Å². The maximum Gasteiger partial charge on any atom is 0.341 e. The summed E-state index contributed by atoms with van der Waals surface area (Å²) < 4.78 is 5.13. The second-order valence-electron chi connectivity index (χ2n) is 4.04. The molecule has 19 heavy (non-hydrogen) atoms. The summed E-state index contributed by atoms with van der Waals surface area (Å²) in [5, 5.41) is 12.6. The Morgan fingerprint density at radius 1 is 1.21 bits per heavy atom. The van der Waals surface area contributed by atoms with Gasteiger partial charge in [-0.2, -0.15) is 0 Å². The van der Waals surface area contributed by atoms with Crippen LogP contribution < -0.4 is 10.1 Å². The maximum absolute atomic E-state index is 11.4. The third-order valence-electron chi connectivity index (χ3n) is 2.93. The maximum atomic E-state index is 11.4.